The second kappa shape index (κ2) is 6.32. The molecule has 2 saturated heterocycles. The number of hydrogen-bond acceptors (Lipinski definition) is 4. The van der Waals surface area contributed by atoms with E-state index in [9.17, 15) is 8.42 Å². The van der Waals surface area contributed by atoms with E-state index < -0.39 is 10.0 Å². The van der Waals surface area contributed by atoms with Gasteiger partial charge in [-0.2, -0.15) is 4.31 Å². The predicted octanol–water partition coefficient (Wildman–Crippen LogP) is 0.0958. The van der Waals surface area contributed by atoms with Gasteiger partial charge in [0.05, 0.1) is 5.75 Å². The maximum atomic E-state index is 12.2. The normalized spacial score (nSPS) is 26.4. The van der Waals surface area contributed by atoms with Crippen LogP contribution in [0.15, 0.2) is 0 Å². The van der Waals surface area contributed by atoms with Crippen molar-refractivity contribution in [2.24, 2.45) is 0 Å². The molecule has 0 aromatic rings. The van der Waals surface area contributed by atoms with Crippen LogP contribution >= 0.6 is 0 Å². The molecule has 0 amide bonds. The summed E-state index contributed by atoms with van der Waals surface area (Å²) in [7, 11) is -3.04. The first kappa shape index (κ1) is 14.2. The summed E-state index contributed by atoms with van der Waals surface area (Å²) in [4.78, 5) is 2.44. The molecule has 5 nitrogen and oxygen atoms in total. The van der Waals surface area contributed by atoms with Crippen LogP contribution in [0.3, 0.4) is 0 Å². The lowest BCUT2D eigenvalue weighted by Crippen LogP contribution is -2.52. The largest absolute Gasteiger partial charge is 0.317 e. The molecule has 0 aliphatic carbocycles. The Morgan fingerprint density at radius 3 is 2.89 bits per heavy atom. The zero-order chi connectivity index (χ0) is 13.0. The monoisotopic (exact) mass is 275 g/mol. The fourth-order valence-electron chi connectivity index (χ4n) is 2.90. The fourth-order valence-corrected chi connectivity index (χ4v) is 4.43. The highest BCUT2D eigenvalue weighted by atomic mass is 32.2. The highest BCUT2D eigenvalue weighted by molar-refractivity contribution is 7.89. The molecule has 1 atom stereocenters. The number of fused-ring (bicyclic) bond motifs is 1. The maximum Gasteiger partial charge on any atom is 0.214 e. The lowest BCUT2D eigenvalue weighted by Gasteiger charge is -2.36. The third-order valence-corrected chi connectivity index (χ3v) is 5.87. The van der Waals surface area contributed by atoms with E-state index in [0.717, 1.165) is 32.6 Å². The molecule has 0 aromatic heterocycles. The molecule has 1 N–H and O–H groups in total. The average molecular weight is 275 g/mol. The van der Waals surface area contributed by atoms with Gasteiger partial charge in [-0.15, -0.1) is 0 Å². The van der Waals surface area contributed by atoms with Crippen molar-refractivity contribution in [3.8, 4) is 0 Å². The Bertz CT molecular complexity index is 358. The lowest BCUT2D eigenvalue weighted by molar-refractivity contribution is 0.158. The van der Waals surface area contributed by atoms with Crippen LogP contribution in [0.2, 0.25) is 0 Å². The second-order valence-corrected chi connectivity index (χ2v) is 7.30. The molecular formula is C12H25N3O2S. The molecule has 18 heavy (non-hydrogen) atoms. The predicted molar refractivity (Wildman–Crippen MR) is 73.1 cm³/mol. The lowest BCUT2D eigenvalue weighted by atomic mass is 10.2. The average Bonchev–Trinajstić information content (AvgIpc) is 2.82. The van der Waals surface area contributed by atoms with E-state index in [1.165, 1.54) is 6.42 Å². The van der Waals surface area contributed by atoms with Crippen molar-refractivity contribution >= 4 is 10.0 Å². The minimum Gasteiger partial charge on any atom is -0.317 e. The molecule has 0 radical (unpaired) electrons. The summed E-state index contributed by atoms with van der Waals surface area (Å²) in [5, 5.41) is 3.17. The summed E-state index contributed by atoms with van der Waals surface area (Å²) in [5.74, 6) is 0.284. The standard InChI is InChI=1S/C12H25N3O2S/c1-2-13-6-4-10-18(16,17)15-9-8-14-7-3-5-12(14)11-15/h12-13H,2-11H2,1H3. The van der Waals surface area contributed by atoms with E-state index in [0.29, 0.717) is 25.6 Å². The number of nitrogens with zero attached hydrogens (tertiary/aromatic N) is 2. The van der Waals surface area contributed by atoms with Crippen LogP contribution in [-0.4, -0.2) is 68.7 Å². The molecule has 0 spiro atoms. The van der Waals surface area contributed by atoms with Crippen molar-refractivity contribution in [2.75, 3.05) is 45.0 Å². The van der Waals surface area contributed by atoms with Crippen LogP contribution in [0.1, 0.15) is 26.2 Å². The Hall–Kier alpha value is -0.170. The van der Waals surface area contributed by atoms with E-state index in [2.05, 4.69) is 10.2 Å². The second-order valence-electron chi connectivity index (χ2n) is 5.21. The summed E-state index contributed by atoms with van der Waals surface area (Å²) in [5.41, 5.74) is 0. The van der Waals surface area contributed by atoms with Gasteiger partial charge in [0.25, 0.3) is 0 Å². The van der Waals surface area contributed by atoms with E-state index >= 15 is 0 Å². The first-order valence-corrected chi connectivity index (χ1v) is 8.67. The van der Waals surface area contributed by atoms with Gasteiger partial charge in [0.2, 0.25) is 10.0 Å². The summed E-state index contributed by atoms with van der Waals surface area (Å²) in [6.45, 7) is 7.19. The Balaban J connectivity index is 1.82. The van der Waals surface area contributed by atoms with Gasteiger partial charge in [-0.3, -0.25) is 4.90 Å². The Kier molecular flexibility index (Phi) is 5.00. The summed E-state index contributed by atoms with van der Waals surface area (Å²) < 4.78 is 26.1. The fraction of sp³-hybridized carbons (Fsp3) is 1.00. The van der Waals surface area contributed by atoms with Gasteiger partial charge in [0.15, 0.2) is 0 Å². The van der Waals surface area contributed by atoms with Gasteiger partial charge in [0.1, 0.15) is 0 Å². The van der Waals surface area contributed by atoms with Crippen molar-refractivity contribution in [3.05, 3.63) is 0 Å². The van der Waals surface area contributed by atoms with Crippen molar-refractivity contribution in [3.63, 3.8) is 0 Å². The molecule has 1 unspecified atom stereocenters. The topological polar surface area (TPSA) is 52.7 Å². The highest BCUT2D eigenvalue weighted by Crippen LogP contribution is 2.23. The van der Waals surface area contributed by atoms with Crippen LogP contribution in [0.4, 0.5) is 0 Å². The Morgan fingerprint density at radius 2 is 2.11 bits per heavy atom. The minimum atomic E-state index is -3.04. The van der Waals surface area contributed by atoms with Crippen molar-refractivity contribution in [1.82, 2.24) is 14.5 Å². The maximum absolute atomic E-state index is 12.2. The molecule has 0 bridgehead atoms. The summed E-state index contributed by atoms with van der Waals surface area (Å²) in [6, 6.07) is 0.474. The zero-order valence-electron chi connectivity index (χ0n) is 11.3. The molecule has 0 saturated carbocycles. The molecule has 2 aliphatic heterocycles. The van der Waals surface area contributed by atoms with Gasteiger partial charge >= 0.3 is 0 Å². The van der Waals surface area contributed by atoms with E-state index in [-0.39, 0.29) is 5.75 Å². The Labute approximate surface area is 111 Å². The first-order valence-electron chi connectivity index (χ1n) is 7.06. The molecule has 106 valence electrons. The van der Waals surface area contributed by atoms with Crippen LogP contribution in [0, 0.1) is 0 Å². The van der Waals surface area contributed by atoms with Crippen molar-refractivity contribution in [1.29, 1.82) is 0 Å². The molecule has 2 rings (SSSR count). The molecule has 0 aromatic carbocycles. The van der Waals surface area contributed by atoms with E-state index in [1.54, 1.807) is 4.31 Å². The molecule has 2 fully saturated rings. The van der Waals surface area contributed by atoms with Crippen LogP contribution < -0.4 is 5.32 Å². The van der Waals surface area contributed by atoms with E-state index in [1.807, 2.05) is 6.92 Å². The van der Waals surface area contributed by atoms with Crippen molar-refractivity contribution in [2.45, 2.75) is 32.2 Å². The molecule has 2 aliphatic rings. The van der Waals surface area contributed by atoms with Gasteiger partial charge in [-0.05, 0) is 38.9 Å². The number of rotatable bonds is 6. The SMILES string of the molecule is CCNCCCS(=O)(=O)N1CCN2CCCC2C1. The smallest absolute Gasteiger partial charge is 0.214 e. The van der Waals surface area contributed by atoms with Gasteiger partial charge < -0.3 is 5.32 Å². The molecule has 2 heterocycles. The zero-order valence-corrected chi connectivity index (χ0v) is 12.1. The molecular weight excluding hydrogens is 250 g/mol. The summed E-state index contributed by atoms with van der Waals surface area (Å²) >= 11 is 0. The van der Waals surface area contributed by atoms with Gasteiger partial charge in [0, 0.05) is 25.7 Å². The van der Waals surface area contributed by atoms with Gasteiger partial charge in [-0.1, -0.05) is 6.92 Å². The third-order valence-electron chi connectivity index (χ3n) is 3.95. The third kappa shape index (κ3) is 3.44. The number of hydrogen-bond donors (Lipinski definition) is 1. The quantitative estimate of drug-likeness (QED) is 0.698. The van der Waals surface area contributed by atoms with Crippen LogP contribution in [0.25, 0.3) is 0 Å². The first-order chi connectivity index (χ1) is 8.63. The van der Waals surface area contributed by atoms with Crippen LogP contribution in [0.5, 0.6) is 0 Å². The number of sulfonamides is 1. The Morgan fingerprint density at radius 1 is 1.28 bits per heavy atom. The van der Waals surface area contributed by atoms with E-state index in [4.69, 9.17) is 0 Å². The van der Waals surface area contributed by atoms with Gasteiger partial charge in [-0.25, -0.2) is 8.42 Å². The van der Waals surface area contributed by atoms with Crippen LogP contribution in [-0.2, 0) is 10.0 Å². The highest BCUT2D eigenvalue weighted by Gasteiger charge is 2.35. The van der Waals surface area contributed by atoms with Crippen molar-refractivity contribution < 1.29 is 8.42 Å². The summed E-state index contributed by atoms with van der Waals surface area (Å²) in [6.07, 6.45) is 3.09. The minimum absolute atomic E-state index is 0.284. The molecule has 6 heteroatoms. The number of piperazine rings is 1. The number of nitrogens with one attached hydrogen (secondary N) is 1.